The van der Waals surface area contributed by atoms with Crippen molar-refractivity contribution in [3.8, 4) is 0 Å². The van der Waals surface area contributed by atoms with Crippen molar-refractivity contribution in [1.29, 1.82) is 0 Å². The van der Waals surface area contributed by atoms with Crippen LogP contribution < -0.4 is 0 Å². The minimum Gasteiger partial charge on any atom is -0.335 e. The van der Waals surface area contributed by atoms with Crippen molar-refractivity contribution in [2.45, 2.75) is 44.9 Å². The highest BCUT2D eigenvalue weighted by atomic mass is 16.2. The van der Waals surface area contributed by atoms with Gasteiger partial charge in [-0.1, -0.05) is 43.6 Å². The highest BCUT2D eigenvalue weighted by Crippen LogP contribution is 2.10. The molecule has 0 aliphatic carbocycles. The molecule has 0 aromatic carbocycles. The van der Waals surface area contributed by atoms with Crippen LogP contribution in [0.15, 0.2) is 50.6 Å². The lowest BCUT2D eigenvalue weighted by atomic mass is 10.1. The SMILES string of the molecule is C=CCN(CC=C)C(=O)CCCCCCCC(=O)N(CC=C)CC=C. The molecule has 0 aromatic heterocycles. The Balaban J connectivity index is 3.84. The molecule has 0 unspecified atom stereocenters. The molecule has 0 aliphatic heterocycles. The number of carbonyl (C=O) groups excluding carboxylic acids is 2. The summed E-state index contributed by atoms with van der Waals surface area (Å²) in [5, 5.41) is 0. The third kappa shape index (κ3) is 11.1. The van der Waals surface area contributed by atoms with E-state index in [1.165, 1.54) is 0 Å². The molecule has 0 atom stereocenters. The third-order valence-corrected chi connectivity index (χ3v) is 3.88. The van der Waals surface area contributed by atoms with Gasteiger partial charge in [0.15, 0.2) is 0 Å². The molecule has 0 fully saturated rings. The van der Waals surface area contributed by atoms with E-state index < -0.39 is 0 Å². The van der Waals surface area contributed by atoms with Crippen molar-refractivity contribution in [3.05, 3.63) is 50.6 Å². The van der Waals surface area contributed by atoms with Crippen LogP contribution in [-0.4, -0.2) is 47.8 Å². The summed E-state index contributed by atoms with van der Waals surface area (Å²) in [4.78, 5) is 27.6. The molecule has 0 rings (SSSR count). The van der Waals surface area contributed by atoms with Crippen LogP contribution in [0.1, 0.15) is 44.9 Å². The van der Waals surface area contributed by atoms with Crippen molar-refractivity contribution < 1.29 is 9.59 Å². The van der Waals surface area contributed by atoms with Crippen molar-refractivity contribution in [3.63, 3.8) is 0 Å². The van der Waals surface area contributed by atoms with Crippen LogP contribution in [0.3, 0.4) is 0 Å². The van der Waals surface area contributed by atoms with Gasteiger partial charge < -0.3 is 9.80 Å². The van der Waals surface area contributed by atoms with E-state index in [0.29, 0.717) is 39.0 Å². The molecule has 0 spiro atoms. The van der Waals surface area contributed by atoms with Gasteiger partial charge in [0.25, 0.3) is 0 Å². The molecule has 25 heavy (non-hydrogen) atoms. The monoisotopic (exact) mass is 346 g/mol. The second-order valence-corrected chi connectivity index (χ2v) is 6.02. The van der Waals surface area contributed by atoms with Crippen LogP contribution in [0.25, 0.3) is 0 Å². The largest absolute Gasteiger partial charge is 0.335 e. The fourth-order valence-electron chi connectivity index (χ4n) is 2.58. The Morgan fingerprint density at radius 3 is 1.12 bits per heavy atom. The van der Waals surface area contributed by atoms with Gasteiger partial charge in [0.05, 0.1) is 0 Å². The van der Waals surface area contributed by atoms with Gasteiger partial charge in [-0.25, -0.2) is 0 Å². The Morgan fingerprint density at radius 2 is 0.840 bits per heavy atom. The topological polar surface area (TPSA) is 40.6 Å². The smallest absolute Gasteiger partial charge is 0.223 e. The summed E-state index contributed by atoms with van der Waals surface area (Å²) in [7, 11) is 0. The van der Waals surface area contributed by atoms with Crippen LogP contribution in [0.2, 0.25) is 0 Å². The maximum atomic E-state index is 12.1. The summed E-state index contributed by atoms with van der Waals surface area (Å²) < 4.78 is 0. The van der Waals surface area contributed by atoms with Gasteiger partial charge in [0.1, 0.15) is 0 Å². The standard InChI is InChI=1S/C21H34N2O2/c1-5-16-22(17-6-2)20(24)14-12-10-9-11-13-15-21(25)23(18-7-3)19-8-4/h5-8H,1-4,9-19H2. The summed E-state index contributed by atoms with van der Waals surface area (Å²) >= 11 is 0. The first-order chi connectivity index (χ1) is 12.1. The highest BCUT2D eigenvalue weighted by molar-refractivity contribution is 5.76. The minimum atomic E-state index is 0.152. The molecule has 0 aliphatic rings. The van der Waals surface area contributed by atoms with Crippen molar-refractivity contribution in [1.82, 2.24) is 9.80 Å². The van der Waals surface area contributed by atoms with E-state index in [-0.39, 0.29) is 11.8 Å². The summed E-state index contributed by atoms with van der Waals surface area (Å²) in [6.45, 7) is 17.0. The number of rotatable bonds is 16. The number of carbonyl (C=O) groups is 2. The van der Waals surface area contributed by atoms with Gasteiger partial charge in [-0.05, 0) is 12.8 Å². The Bertz CT molecular complexity index is 383. The van der Waals surface area contributed by atoms with Gasteiger partial charge >= 0.3 is 0 Å². The van der Waals surface area contributed by atoms with E-state index in [1.54, 1.807) is 34.1 Å². The van der Waals surface area contributed by atoms with Crippen LogP contribution in [0.5, 0.6) is 0 Å². The van der Waals surface area contributed by atoms with Crippen molar-refractivity contribution >= 4 is 11.8 Å². The fourth-order valence-corrected chi connectivity index (χ4v) is 2.58. The van der Waals surface area contributed by atoms with Gasteiger partial charge in [0, 0.05) is 39.0 Å². The first-order valence-corrected chi connectivity index (χ1v) is 9.09. The lowest BCUT2D eigenvalue weighted by molar-refractivity contribution is -0.131. The Labute approximate surface area is 153 Å². The molecule has 0 radical (unpaired) electrons. The van der Waals surface area contributed by atoms with Crippen LogP contribution in [-0.2, 0) is 9.59 Å². The van der Waals surface area contributed by atoms with E-state index in [4.69, 9.17) is 0 Å². The molecule has 0 heterocycles. The lowest BCUT2D eigenvalue weighted by Crippen LogP contribution is -2.31. The first-order valence-electron chi connectivity index (χ1n) is 9.09. The predicted octanol–water partition coefficient (Wildman–Crippen LogP) is 4.12. The fraction of sp³-hybridized carbons (Fsp3) is 0.524. The highest BCUT2D eigenvalue weighted by Gasteiger charge is 2.11. The predicted molar refractivity (Wildman–Crippen MR) is 106 cm³/mol. The summed E-state index contributed by atoms with van der Waals surface area (Å²) in [5.74, 6) is 0.305. The van der Waals surface area contributed by atoms with Crippen LogP contribution in [0.4, 0.5) is 0 Å². The quantitative estimate of drug-likeness (QED) is 0.312. The van der Waals surface area contributed by atoms with E-state index >= 15 is 0 Å². The maximum absolute atomic E-state index is 12.1. The number of hydrogen-bond acceptors (Lipinski definition) is 2. The molecule has 0 N–H and O–H groups in total. The summed E-state index contributed by atoms with van der Waals surface area (Å²) in [5.41, 5.74) is 0. The van der Waals surface area contributed by atoms with Gasteiger partial charge in [-0.3, -0.25) is 9.59 Å². The summed E-state index contributed by atoms with van der Waals surface area (Å²) in [6.07, 6.45) is 12.9. The Morgan fingerprint density at radius 1 is 0.560 bits per heavy atom. The Kier molecular flexibility index (Phi) is 14.1. The normalized spacial score (nSPS) is 9.92. The molecule has 0 saturated heterocycles. The van der Waals surface area contributed by atoms with Gasteiger partial charge in [0.2, 0.25) is 11.8 Å². The summed E-state index contributed by atoms with van der Waals surface area (Å²) in [6, 6.07) is 0. The van der Waals surface area contributed by atoms with E-state index in [2.05, 4.69) is 26.3 Å². The molecule has 2 amide bonds. The number of hydrogen-bond donors (Lipinski definition) is 0. The molecule has 0 aromatic rings. The number of nitrogens with zero attached hydrogens (tertiary/aromatic N) is 2. The first kappa shape index (κ1) is 22.9. The van der Waals surface area contributed by atoms with Crippen LogP contribution >= 0.6 is 0 Å². The second-order valence-electron chi connectivity index (χ2n) is 6.02. The molecule has 0 saturated carbocycles. The van der Waals surface area contributed by atoms with Gasteiger partial charge in [-0.2, -0.15) is 0 Å². The minimum absolute atomic E-state index is 0.152. The van der Waals surface area contributed by atoms with E-state index in [0.717, 1.165) is 32.1 Å². The molecule has 140 valence electrons. The number of amides is 2. The zero-order chi connectivity index (χ0) is 18.9. The molecular weight excluding hydrogens is 312 g/mol. The lowest BCUT2D eigenvalue weighted by Gasteiger charge is -2.19. The average molecular weight is 347 g/mol. The van der Waals surface area contributed by atoms with E-state index in [9.17, 15) is 9.59 Å². The number of unbranched alkanes of at least 4 members (excludes halogenated alkanes) is 4. The second kappa shape index (κ2) is 15.4. The zero-order valence-corrected chi connectivity index (χ0v) is 15.6. The van der Waals surface area contributed by atoms with Crippen molar-refractivity contribution in [2.75, 3.05) is 26.2 Å². The van der Waals surface area contributed by atoms with Gasteiger partial charge in [-0.15, -0.1) is 26.3 Å². The molecular formula is C21H34N2O2. The zero-order valence-electron chi connectivity index (χ0n) is 15.6. The molecule has 4 nitrogen and oxygen atoms in total. The van der Waals surface area contributed by atoms with Crippen LogP contribution in [0, 0.1) is 0 Å². The van der Waals surface area contributed by atoms with E-state index in [1.807, 2.05) is 0 Å². The molecule has 4 heteroatoms. The maximum Gasteiger partial charge on any atom is 0.223 e. The Hall–Kier alpha value is -2.10. The molecule has 0 bridgehead atoms. The third-order valence-electron chi connectivity index (χ3n) is 3.88. The van der Waals surface area contributed by atoms with Crippen molar-refractivity contribution in [2.24, 2.45) is 0 Å². The average Bonchev–Trinajstić information content (AvgIpc) is 2.60.